The summed E-state index contributed by atoms with van der Waals surface area (Å²) >= 11 is 1.49. The molecule has 4 heteroatoms. The molecule has 0 aliphatic rings. The Morgan fingerprint density at radius 1 is 1.43 bits per heavy atom. The minimum atomic E-state index is -0.231. The molecule has 0 aliphatic carbocycles. The zero-order chi connectivity index (χ0) is 9.97. The van der Waals surface area contributed by atoms with E-state index < -0.39 is 0 Å². The predicted octanol–water partition coefficient (Wildman–Crippen LogP) is 2.41. The van der Waals surface area contributed by atoms with Gasteiger partial charge in [-0.1, -0.05) is 12.1 Å². The molecule has 14 heavy (non-hydrogen) atoms. The van der Waals surface area contributed by atoms with Crippen LogP contribution < -0.4 is 5.73 Å². The first-order chi connectivity index (χ1) is 6.79. The van der Waals surface area contributed by atoms with Crippen molar-refractivity contribution in [3.05, 3.63) is 41.3 Å². The van der Waals surface area contributed by atoms with E-state index in [1.807, 2.05) is 6.07 Å². The van der Waals surface area contributed by atoms with Gasteiger partial charge in [-0.25, -0.2) is 9.37 Å². The average molecular weight is 208 g/mol. The number of rotatable bonds is 2. The molecule has 0 fully saturated rings. The molecule has 1 aromatic carbocycles. The number of halogens is 1. The van der Waals surface area contributed by atoms with Gasteiger partial charge in [0, 0.05) is 12.7 Å². The largest absolute Gasteiger partial charge is 0.325 e. The summed E-state index contributed by atoms with van der Waals surface area (Å²) in [7, 11) is 0. The molecule has 0 bridgehead atoms. The quantitative estimate of drug-likeness (QED) is 0.823. The van der Waals surface area contributed by atoms with Gasteiger partial charge in [-0.15, -0.1) is 11.3 Å². The molecule has 0 atom stereocenters. The van der Waals surface area contributed by atoms with Gasteiger partial charge in [-0.2, -0.15) is 0 Å². The molecule has 1 aromatic heterocycles. The van der Waals surface area contributed by atoms with E-state index in [-0.39, 0.29) is 5.82 Å². The second-order valence-corrected chi connectivity index (χ2v) is 3.95. The molecule has 0 unspecified atom stereocenters. The number of nitrogens with zero attached hydrogens (tertiary/aromatic N) is 1. The van der Waals surface area contributed by atoms with Crippen molar-refractivity contribution in [1.82, 2.24) is 4.98 Å². The van der Waals surface area contributed by atoms with Crippen molar-refractivity contribution in [1.29, 1.82) is 0 Å². The summed E-state index contributed by atoms with van der Waals surface area (Å²) in [5, 5.41) is 0.865. The molecule has 0 radical (unpaired) electrons. The third kappa shape index (κ3) is 1.81. The highest BCUT2D eigenvalue weighted by molar-refractivity contribution is 7.15. The van der Waals surface area contributed by atoms with E-state index in [0.717, 1.165) is 15.4 Å². The van der Waals surface area contributed by atoms with Gasteiger partial charge in [0.25, 0.3) is 0 Å². The van der Waals surface area contributed by atoms with Crippen molar-refractivity contribution in [2.45, 2.75) is 6.54 Å². The Bertz CT molecular complexity index is 439. The second kappa shape index (κ2) is 3.86. The van der Waals surface area contributed by atoms with Gasteiger partial charge in [-0.05, 0) is 17.7 Å². The second-order valence-electron chi connectivity index (χ2n) is 2.83. The van der Waals surface area contributed by atoms with Gasteiger partial charge in [0.2, 0.25) is 0 Å². The van der Waals surface area contributed by atoms with Crippen LogP contribution in [0.3, 0.4) is 0 Å². The molecule has 0 saturated carbocycles. The van der Waals surface area contributed by atoms with Crippen molar-refractivity contribution >= 4 is 11.3 Å². The minimum absolute atomic E-state index is 0.231. The predicted molar refractivity (Wildman–Crippen MR) is 55.4 cm³/mol. The van der Waals surface area contributed by atoms with Crippen LogP contribution in [0.4, 0.5) is 4.39 Å². The minimum Gasteiger partial charge on any atom is -0.325 e. The molecule has 2 N–H and O–H groups in total. The van der Waals surface area contributed by atoms with Crippen LogP contribution in [0.5, 0.6) is 0 Å². The summed E-state index contributed by atoms with van der Waals surface area (Å²) in [5.41, 5.74) is 6.29. The Hall–Kier alpha value is -1.26. The normalized spacial score (nSPS) is 10.4. The lowest BCUT2D eigenvalue weighted by molar-refractivity contribution is 0.628. The Morgan fingerprint density at radius 2 is 2.29 bits per heavy atom. The number of nitrogens with two attached hydrogens (primary N) is 1. The van der Waals surface area contributed by atoms with Crippen LogP contribution in [0.2, 0.25) is 0 Å². The fourth-order valence-electron chi connectivity index (χ4n) is 1.18. The maximum Gasteiger partial charge on any atom is 0.123 e. The average Bonchev–Trinajstić information content (AvgIpc) is 2.66. The van der Waals surface area contributed by atoms with Crippen molar-refractivity contribution in [3.63, 3.8) is 0 Å². The monoisotopic (exact) mass is 208 g/mol. The molecule has 0 spiro atoms. The van der Waals surface area contributed by atoms with E-state index >= 15 is 0 Å². The van der Waals surface area contributed by atoms with Crippen LogP contribution in [-0.2, 0) is 6.54 Å². The van der Waals surface area contributed by atoms with Crippen molar-refractivity contribution in [2.75, 3.05) is 0 Å². The zero-order valence-electron chi connectivity index (χ0n) is 7.40. The fraction of sp³-hybridized carbons (Fsp3) is 0.100. The maximum absolute atomic E-state index is 12.9. The molecule has 72 valence electrons. The smallest absolute Gasteiger partial charge is 0.123 e. The van der Waals surface area contributed by atoms with Crippen LogP contribution in [0, 0.1) is 5.82 Å². The van der Waals surface area contributed by atoms with E-state index in [9.17, 15) is 4.39 Å². The lowest BCUT2D eigenvalue weighted by Gasteiger charge is -1.95. The van der Waals surface area contributed by atoms with Crippen molar-refractivity contribution in [3.8, 4) is 10.4 Å². The maximum atomic E-state index is 12.9. The van der Waals surface area contributed by atoms with Gasteiger partial charge in [0.1, 0.15) is 10.8 Å². The van der Waals surface area contributed by atoms with E-state index in [2.05, 4.69) is 4.98 Å². The molecule has 2 rings (SSSR count). The lowest BCUT2D eigenvalue weighted by atomic mass is 10.2. The molecular weight excluding hydrogens is 199 g/mol. The topological polar surface area (TPSA) is 38.9 Å². The van der Waals surface area contributed by atoms with Crippen LogP contribution in [-0.4, -0.2) is 4.98 Å². The Balaban J connectivity index is 2.39. The summed E-state index contributed by atoms with van der Waals surface area (Å²) in [4.78, 5) is 5.06. The zero-order valence-corrected chi connectivity index (χ0v) is 8.22. The van der Waals surface area contributed by atoms with E-state index in [1.54, 1.807) is 12.3 Å². The van der Waals surface area contributed by atoms with Crippen LogP contribution >= 0.6 is 11.3 Å². The summed E-state index contributed by atoms with van der Waals surface area (Å²) in [5.74, 6) is -0.231. The van der Waals surface area contributed by atoms with Crippen molar-refractivity contribution in [2.24, 2.45) is 5.73 Å². The molecule has 0 aliphatic heterocycles. The van der Waals surface area contributed by atoms with E-state index in [0.29, 0.717) is 6.54 Å². The molecular formula is C10H9FN2S. The van der Waals surface area contributed by atoms with Gasteiger partial charge in [-0.3, -0.25) is 0 Å². The first-order valence-corrected chi connectivity index (χ1v) is 5.02. The number of aromatic nitrogens is 1. The first kappa shape index (κ1) is 9.30. The molecule has 1 heterocycles. The van der Waals surface area contributed by atoms with Gasteiger partial charge < -0.3 is 5.73 Å². The number of hydrogen-bond acceptors (Lipinski definition) is 3. The Kier molecular flexibility index (Phi) is 2.56. The number of benzene rings is 1. The number of thiazole rings is 1. The first-order valence-electron chi connectivity index (χ1n) is 4.20. The van der Waals surface area contributed by atoms with E-state index in [1.165, 1.54) is 23.5 Å². The fourth-order valence-corrected chi connectivity index (χ4v) is 1.97. The van der Waals surface area contributed by atoms with E-state index in [4.69, 9.17) is 5.73 Å². The molecule has 2 aromatic rings. The summed E-state index contributed by atoms with van der Waals surface area (Å²) < 4.78 is 12.9. The highest BCUT2D eigenvalue weighted by Crippen LogP contribution is 2.26. The third-order valence-corrected chi connectivity index (χ3v) is 2.91. The van der Waals surface area contributed by atoms with Gasteiger partial charge in [0.15, 0.2) is 0 Å². The highest BCUT2D eigenvalue weighted by atomic mass is 32.1. The van der Waals surface area contributed by atoms with Gasteiger partial charge in [0.05, 0.1) is 4.88 Å². The Labute approximate surface area is 85.2 Å². The Morgan fingerprint density at radius 3 is 2.93 bits per heavy atom. The SMILES string of the molecule is NCc1ncc(-c2cccc(F)c2)s1. The summed E-state index contributed by atoms with van der Waals surface area (Å²) in [6.07, 6.45) is 1.72. The van der Waals surface area contributed by atoms with Crippen molar-refractivity contribution < 1.29 is 4.39 Å². The van der Waals surface area contributed by atoms with Crippen LogP contribution in [0.15, 0.2) is 30.5 Å². The third-order valence-electron chi connectivity index (χ3n) is 1.84. The highest BCUT2D eigenvalue weighted by Gasteiger charge is 2.03. The standard InChI is InChI=1S/C10H9FN2S/c11-8-3-1-2-7(4-8)9-6-13-10(5-12)14-9/h1-4,6H,5,12H2. The van der Waals surface area contributed by atoms with Gasteiger partial charge >= 0.3 is 0 Å². The lowest BCUT2D eigenvalue weighted by Crippen LogP contribution is -1.93. The van der Waals surface area contributed by atoms with Crippen LogP contribution in [0.1, 0.15) is 5.01 Å². The summed E-state index contributed by atoms with van der Waals surface area (Å²) in [6.45, 7) is 0.431. The summed E-state index contributed by atoms with van der Waals surface area (Å²) in [6, 6.07) is 6.46. The molecule has 2 nitrogen and oxygen atoms in total. The molecule has 0 amide bonds. The molecule has 0 saturated heterocycles. The van der Waals surface area contributed by atoms with Crippen LogP contribution in [0.25, 0.3) is 10.4 Å². The number of hydrogen-bond donors (Lipinski definition) is 1.